The smallest absolute Gasteiger partial charge is 0.167 e. The molecule has 0 spiro atoms. The molecule has 6 heterocycles. The fourth-order valence-corrected chi connectivity index (χ4v) is 7.64. The molecular weight excluding hydrogens is 374 g/mol. The summed E-state index contributed by atoms with van der Waals surface area (Å²) in [5.74, 6) is 1.20. The van der Waals surface area contributed by atoms with Crippen LogP contribution in [-0.4, -0.2) is 89.4 Å². The normalized spacial score (nSPS) is 44.8. The molecule has 156 valence electrons. The molecule has 1 unspecified atom stereocenters. The zero-order valence-electron chi connectivity index (χ0n) is 16.9. The Morgan fingerprint density at radius 1 is 1.07 bits per heavy atom. The van der Waals surface area contributed by atoms with Gasteiger partial charge in [0, 0.05) is 41.2 Å². The number of aromatic hydroxyl groups is 2. The zero-order chi connectivity index (χ0) is 19.8. The Labute approximate surface area is 169 Å². The lowest BCUT2D eigenvalue weighted by molar-refractivity contribution is -0.165. The van der Waals surface area contributed by atoms with Crippen molar-refractivity contribution in [2.45, 2.75) is 56.0 Å². The second kappa shape index (κ2) is 5.36. The minimum Gasteiger partial charge on any atom is -0.507 e. The summed E-state index contributed by atoms with van der Waals surface area (Å²) in [6.45, 7) is 3.91. The SMILES string of the molecule is COc1c(C)c(O)c2c(c1O)[C@@H]1CO[C@@H]3[C@H]4CC5[C@H]([C@H]([C@@H]2N2CCO[C@H]52)N31)N4C. The lowest BCUT2D eigenvalue weighted by atomic mass is 9.73. The van der Waals surface area contributed by atoms with Crippen molar-refractivity contribution in [1.82, 2.24) is 14.7 Å². The fourth-order valence-electron chi connectivity index (χ4n) is 7.64. The number of phenols is 2. The summed E-state index contributed by atoms with van der Waals surface area (Å²) >= 11 is 0. The van der Waals surface area contributed by atoms with Crippen LogP contribution in [-0.2, 0) is 9.47 Å². The number of rotatable bonds is 1. The molecule has 1 aromatic carbocycles. The van der Waals surface area contributed by atoms with Crippen LogP contribution in [0.3, 0.4) is 0 Å². The second-order valence-electron chi connectivity index (χ2n) is 9.43. The maximum atomic E-state index is 11.3. The van der Waals surface area contributed by atoms with E-state index in [9.17, 15) is 10.2 Å². The highest BCUT2D eigenvalue weighted by molar-refractivity contribution is 5.65. The molecule has 0 aliphatic carbocycles. The van der Waals surface area contributed by atoms with Gasteiger partial charge in [-0.05, 0) is 20.4 Å². The van der Waals surface area contributed by atoms with Crippen molar-refractivity contribution >= 4 is 0 Å². The van der Waals surface area contributed by atoms with E-state index in [1.165, 1.54) is 0 Å². The topological polar surface area (TPSA) is 77.9 Å². The average Bonchev–Trinajstić information content (AvgIpc) is 3.40. The molecule has 5 saturated heterocycles. The Bertz CT molecular complexity index is 924. The first-order valence-corrected chi connectivity index (χ1v) is 10.6. The fraction of sp³-hybridized carbons (Fsp3) is 0.714. The van der Waals surface area contributed by atoms with E-state index in [2.05, 4.69) is 21.7 Å². The molecule has 0 saturated carbocycles. The van der Waals surface area contributed by atoms with Gasteiger partial charge in [0.15, 0.2) is 11.5 Å². The van der Waals surface area contributed by atoms with E-state index in [1.54, 1.807) is 7.11 Å². The molecule has 7 rings (SSSR count). The molecule has 6 aliphatic rings. The second-order valence-corrected chi connectivity index (χ2v) is 9.43. The van der Waals surface area contributed by atoms with E-state index in [-0.39, 0.29) is 42.1 Å². The Kier molecular flexibility index (Phi) is 3.17. The molecule has 5 fully saturated rings. The van der Waals surface area contributed by atoms with Crippen LogP contribution >= 0.6 is 0 Å². The van der Waals surface area contributed by atoms with Crippen molar-refractivity contribution in [3.8, 4) is 17.2 Å². The summed E-state index contributed by atoms with van der Waals surface area (Å²) in [6, 6.07) is 0.817. The number of hydrogen-bond donors (Lipinski definition) is 2. The van der Waals surface area contributed by atoms with Gasteiger partial charge in [0.25, 0.3) is 0 Å². The van der Waals surface area contributed by atoms with Crippen molar-refractivity contribution in [2.75, 3.05) is 33.9 Å². The molecular formula is C21H27N3O5. The number of piperazine rings is 1. The number of ether oxygens (including phenoxy) is 3. The van der Waals surface area contributed by atoms with E-state index in [0.29, 0.717) is 42.5 Å². The van der Waals surface area contributed by atoms with Crippen molar-refractivity contribution in [1.29, 1.82) is 0 Å². The average molecular weight is 401 g/mol. The molecule has 8 nitrogen and oxygen atoms in total. The first-order valence-electron chi connectivity index (χ1n) is 10.6. The van der Waals surface area contributed by atoms with Gasteiger partial charge in [-0.25, -0.2) is 0 Å². The van der Waals surface area contributed by atoms with Crippen molar-refractivity contribution in [3.63, 3.8) is 0 Å². The molecule has 0 amide bonds. The largest absolute Gasteiger partial charge is 0.507 e. The minimum atomic E-state index is -0.0610. The van der Waals surface area contributed by atoms with Crippen LogP contribution in [0.15, 0.2) is 0 Å². The summed E-state index contributed by atoms with van der Waals surface area (Å²) in [5.41, 5.74) is 2.23. The molecule has 6 aliphatic heterocycles. The zero-order valence-corrected chi connectivity index (χ0v) is 16.9. The number of likely N-dealkylation sites (N-methyl/N-ethyl adjacent to an activating group) is 1. The maximum Gasteiger partial charge on any atom is 0.167 e. The van der Waals surface area contributed by atoms with Crippen molar-refractivity contribution < 1.29 is 24.4 Å². The first kappa shape index (κ1) is 17.1. The standard InChI is InChI=1S/C21H27N3O5/c1-8-17(25)13-12(18(26)19(8)27-3)11-7-29-21-10-6-9-14(22(10)2)16(24(11)21)15(13)23-4-5-28-20(9)23/h9-11,14-16,20-21,25-26H,4-7H2,1-3H3/t9?,10-,11+,14-,15-,16-,20-,21-/m1/s1. The van der Waals surface area contributed by atoms with Gasteiger partial charge in [-0.2, -0.15) is 0 Å². The highest BCUT2D eigenvalue weighted by atomic mass is 16.5. The predicted octanol–water partition coefficient (Wildman–Crippen LogP) is 0.912. The summed E-state index contributed by atoms with van der Waals surface area (Å²) in [6.07, 6.45) is 1.14. The van der Waals surface area contributed by atoms with Crippen molar-refractivity contribution in [3.05, 3.63) is 16.7 Å². The Hall–Kier alpha value is -1.58. The highest BCUT2D eigenvalue weighted by Gasteiger charge is 2.69. The summed E-state index contributed by atoms with van der Waals surface area (Å²) < 4.78 is 18.1. The Morgan fingerprint density at radius 3 is 2.69 bits per heavy atom. The predicted molar refractivity (Wildman–Crippen MR) is 102 cm³/mol. The Morgan fingerprint density at radius 2 is 1.90 bits per heavy atom. The summed E-state index contributed by atoms with van der Waals surface area (Å²) in [4.78, 5) is 7.44. The van der Waals surface area contributed by atoms with Crippen LogP contribution in [0.5, 0.6) is 17.2 Å². The molecule has 1 aromatic rings. The number of piperidine rings is 1. The first-order chi connectivity index (χ1) is 14.0. The van der Waals surface area contributed by atoms with Gasteiger partial charge in [-0.1, -0.05) is 0 Å². The molecule has 8 atom stereocenters. The van der Waals surface area contributed by atoms with Crippen LogP contribution in [0.25, 0.3) is 0 Å². The van der Waals surface area contributed by atoms with Crippen LogP contribution in [0.1, 0.15) is 35.2 Å². The molecule has 2 N–H and O–H groups in total. The van der Waals surface area contributed by atoms with E-state index in [4.69, 9.17) is 14.2 Å². The van der Waals surface area contributed by atoms with Crippen LogP contribution in [0.2, 0.25) is 0 Å². The number of benzene rings is 1. The third-order valence-electron chi connectivity index (χ3n) is 8.60. The van der Waals surface area contributed by atoms with Gasteiger partial charge < -0.3 is 24.4 Å². The molecule has 8 heteroatoms. The molecule has 0 radical (unpaired) electrons. The van der Waals surface area contributed by atoms with Crippen LogP contribution in [0.4, 0.5) is 0 Å². The quantitative estimate of drug-likeness (QED) is 0.673. The lowest BCUT2D eigenvalue weighted by Gasteiger charge is -2.59. The monoisotopic (exact) mass is 401 g/mol. The minimum absolute atomic E-state index is 0.0146. The van der Waals surface area contributed by atoms with Gasteiger partial charge in [0.05, 0.1) is 38.4 Å². The number of nitrogens with zero attached hydrogens (tertiary/aromatic N) is 3. The summed E-state index contributed by atoms with van der Waals surface area (Å²) in [5, 5.41) is 22.6. The number of phenolic OH excluding ortho intramolecular Hbond substituents is 2. The number of methoxy groups -OCH3 is 1. The molecule has 2 bridgehead atoms. The Balaban J connectivity index is 1.54. The lowest BCUT2D eigenvalue weighted by Crippen LogP contribution is -2.71. The highest BCUT2D eigenvalue weighted by Crippen LogP contribution is 2.63. The van der Waals surface area contributed by atoms with Crippen molar-refractivity contribution in [2.24, 2.45) is 5.92 Å². The molecule has 0 aromatic heterocycles. The van der Waals surface area contributed by atoms with E-state index < -0.39 is 0 Å². The maximum absolute atomic E-state index is 11.3. The number of hydrogen-bond acceptors (Lipinski definition) is 8. The summed E-state index contributed by atoms with van der Waals surface area (Å²) in [7, 11) is 3.76. The van der Waals surface area contributed by atoms with E-state index in [0.717, 1.165) is 24.1 Å². The van der Waals surface area contributed by atoms with Gasteiger partial charge in [-0.15, -0.1) is 0 Å². The van der Waals surface area contributed by atoms with Crippen LogP contribution in [0, 0.1) is 12.8 Å². The third-order valence-corrected chi connectivity index (χ3v) is 8.60. The van der Waals surface area contributed by atoms with E-state index >= 15 is 0 Å². The van der Waals surface area contributed by atoms with Gasteiger partial charge >= 0.3 is 0 Å². The van der Waals surface area contributed by atoms with Gasteiger partial charge in [-0.3, -0.25) is 14.7 Å². The number of fused-ring (bicyclic) bond motifs is 8. The molecule has 29 heavy (non-hydrogen) atoms. The third kappa shape index (κ3) is 1.73. The van der Waals surface area contributed by atoms with E-state index in [1.807, 2.05) is 6.92 Å². The van der Waals surface area contributed by atoms with Crippen LogP contribution < -0.4 is 4.74 Å². The van der Waals surface area contributed by atoms with Gasteiger partial charge in [0.2, 0.25) is 0 Å². The van der Waals surface area contributed by atoms with Gasteiger partial charge in [0.1, 0.15) is 18.2 Å².